The van der Waals surface area contributed by atoms with E-state index in [1.165, 1.54) is 11.8 Å². The van der Waals surface area contributed by atoms with E-state index in [1.807, 2.05) is 26.0 Å². The number of nitriles is 1. The van der Waals surface area contributed by atoms with Crippen molar-refractivity contribution in [2.75, 3.05) is 11.1 Å². The number of anilines is 1. The van der Waals surface area contributed by atoms with Crippen molar-refractivity contribution in [1.29, 1.82) is 5.26 Å². The first-order valence-electron chi connectivity index (χ1n) is 7.26. The first-order chi connectivity index (χ1) is 11.3. The minimum absolute atomic E-state index is 0.133. The predicted octanol–water partition coefficient (Wildman–Crippen LogP) is 3.97. The highest BCUT2D eigenvalue weighted by molar-refractivity contribution is 8.00. The summed E-state index contributed by atoms with van der Waals surface area (Å²) in [4.78, 5) is 20.6. The maximum atomic E-state index is 12.2. The van der Waals surface area contributed by atoms with Gasteiger partial charge in [-0.1, -0.05) is 29.4 Å². The molecule has 0 bridgehead atoms. The van der Waals surface area contributed by atoms with E-state index in [9.17, 15) is 10.1 Å². The van der Waals surface area contributed by atoms with Crippen LogP contribution in [-0.2, 0) is 4.79 Å². The minimum Gasteiger partial charge on any atom is -0.324 e. The Morgan fingerprint density at radius 1 is 1.29 bits per heavy atom. The van der Waals surface area contributed by atoms with Gasteiger partial charge < -0.3 is 5.32 Å². The Kier molecular flexibility index (Phi) is 5.81. The van der Waals surface area contributed by atoms with E-state index in [0.717, 1.165) is 11.1 Å². The number of thioether (sulfide) groups is 1. The molecule has 0 aliphatic carbocycles. The normalized spacial score (nSPS) is 10.3. The molecular formula is C17H17ClN4OS. The molecule has 2 rings (SSSR count). The van der Waals surface area contributed by atoms with E-state index in [0.29, 0.717) is 32.8 Å². The molecule has 0 fully saturated rings. The highest BCUT2D eigenvalue weighted by Gasteiger charge is 2.14. The van der Waals surface area contributed by atoms with Crippen LogP contribution >= 0.6 is 23.4 Å². The van der Waals surface area contributed by atoms with Gasteiger partial charge in [-0.2, -0.15) is 5.26 Å². The van der Waals surface area contributed by atoms with Gasteiger partial charge in [-0.3, -0.25) is 4.79 Å². The van der Waals surface area contributed by atoms with E-state index >= 15 is 0 Å². The molecule has 1 amide bonds. The van der Waals surface area contributed by atoms with Crippen molar-refractivity contribution in [3.8, 4) is 6.07 Å². The van der Waals surface area contributed by atoms with Gasteiger partial charge in [0.1, 0.15) is 22.5 Å². The Hall–Kier alpha value is -2.10. The van der Waals surface area contributed by atoms with Crippen LogP contribution in [0.2, 0.25) is 5.02 Å². The fourth-order valence-electron chi connectivity index (χ4n) is 2.30. The molecule has 5 nitrogen and oxygen atoms in total. The number of carbonyl (C=O) groups excluding carboxylic acids is 1. The lowest BCUT2D eigenvalue weighted by molar-refractivity contribution is -0.113. The number of carbonyl (C=O) groups is 1. The Morgan fingerprint density at radius 2 is 2.00 bits per heavy atom. The Bertz CT molecular complexity index is 822. The molecule has 1 N–H and O–H groups in total. The molecule has 0 radical (unpaired) electrons. The van der Waals surface area contributed by atoms with Crippen molar-refractivity contribution in [3.05, 3.63) is 45.4 Å². The molecule has 0 aliphatic rings. The first kappa shape index (κ1) is 18.2. The number of nitrogens with zero attached hydrogens (tertiary/aromatic N) is 3. The second-order valence-electron chi connectivity index (χ2n) is 5.42. The third-order valence-corrected chi connectivity index (χ3v) is 4.59. The number of aryl methyl sites for hydroxylation is 4. The van der Waals surface area contributed by atoms with Gasteiger partial charge in [-0.25, -0.2) is 9.97 Å². The lowest BCUT2D eigenvalue weighted by Crippen LogP contribution is -2.16. The van der Waals surface area contributed by atoms with E-state index < -0.39 is 0 Å². The number of hydrogen-bond donors (Lipinski definition) is 1. The van der Waals surface area contributed by atoms with Crippen LogP contribution in [0.3, 0.4) is 0 Å². The highest BCUT2D eigenvalue weighted by atomic mass is 35.5. The molecule has 0 unspecified atom stereocenters. The molecule has 1 heterocycles. The Balaban J connectivity index is 2.12. The Labute approximate surface area is 150 Å². The molecule has 1 aromatic carbocycles. The van der Waals surface area contributed by atoms with E-state index in [4.69, 9.17) is 11.6 Å². The van der Waals surface area contributed by atoms with Crippen LogP contribution in [0.4, 0.5) is 5.69 Å². The maximum absolute atomic E-state index is 12.2. The summed E-state index contributed by atoms with van der Waals surface area (Å²) >= 11 is 7.41. The molecule has 0 saturated carbocycles. The van der Waals surface area contributed by atoms with Gasteiger partial charge in [-0.15, -0.1) is 0 Å². The van der Waals surface area contributed by atoms with Crippen molar-refractivity contribution in [1.82, 2.24) is 9.97 Å². The summed E-state index contributed by atoms with van der Waals surface area (Å²) in [6, 6.07) is 5.86. The summed E-state index contributed by atoms with van der Waals surface area (Å²) in [7, 11) is 0. The maximum Gasteiger partial charge on any atom is 0.234 e. The topological polar surface area (TPSA) is 78.7 Å². The standard InChI is InChI=1S/C17H17ClN4OS/c1-9-5-10(2)16(14(18)6-9)22-15(23)8-24-17-13(7-19)11(3)20-12(4)21-17/h5-6H,8H2,1-4H3,(H,22,23). The zero-order chi connectivity index (χ0) is 17.9. The lowest BCUT2D eigenvalue weighted by atomic mass is 10.1. The van der Waals surface area contributed by atoms with Gasteiger partial charge in [0.15, 0.2) is 0 Å². The van der Waals surface area contributed by atoms with Crippen molar-refractivity contribution in [2.45, 2.75) is 32.7 Å². The molecule has 24 heavy (non-hydrogen) atoms. The van der Waals surface area contributed by atoms with E-state index in [2.05, 4.69) is 21.4 Å². The number of nitrogens with one attached hydrogen (secondary N) is 1. The van der Waals surface area contributed by atoms with Crippen LogP contribution < -0.4 is 5.32 Å². The highest BCUT2D eigenvalue weighted by Crippen LogP contribution is 2.28. The van der Waals surface area contributed by atoms with Crippen LogP contribution in [-0.4, -0.2) is 21.6 Å². The van der Waals surface area contributed by atoms with Crippen LogP contribution in [0.1, 0.15) is 28.2 Å². The van der Waals surface area contributed by atoms with Gasteiger partial charge in [-0.05, 0) is 44.9 Å². The van der Waals surface area contributed by atoms with Crippen LogP contribution in [0.25, 0.3) is 0 Å². The fraction of sp³-hybridized carbons (Fsp3) is 0.294. The molecule has 2 aromatic rings. The minimum atomic E-state index is -0.202. The summed E-state index contributed by atoms with van der Waals surface area (Å²) in [5.74, 6) is 0.507. The fourth-order valence-corrected chi connectivity index (χ4v) is 3.54. The largest absolute Gasteiger partial charge is 0.324 e. The SMILES string of the molecule is Cc1cc(C)c(NC(=O)CSc2nc(C)nc(C)c2C#N)c(Cl)c1. The summed E-state index contributed by atoms with van der Waals surface area (Å²) < 4.78 is 0. The number of rotatable bonds is 4. The average Bonchev–Trinajstić information content (AvgIpc) is 2.48. The average molecular weight is 361 g/mol. The number of halogens is 1. The summed E-state index contributed by atoms with van der Waals surface area (Å²) in [6.45, 7) is 7.36. The third-order valence-electron chi connectivity index (χ3n) is 3.32. The monoisotopic (exact) mass is 360 g/mol. The molecule has 0 saturated heterocycles. The van der Waals surface area contributed by atoms with Crippen LogP contribution in [0, 0.1) is 39.0 Å². The zero-order valence-corrected chi connectivity index (χ0v) is 15.5. The molecule has 7 heteroatoms. The first-order valence-corrected chi connectivity index (χ1v) is 8.63. The zero-order valence-electron chi connectivity index (χ0n) is 13.9. The van der Waals surface area contributed by atoms with Crippen LogP contribution in [0.15, 0.2) is 17.2 Å². The molecule has 0 aliphatic heterocycles. The predicted molar refractivity (Wildman–Crippen MR) is 96.5 cm³/mol. The number of hydrogen-bond acceptors (Lipinski definition) is 5. The van der Waals surface area contributed by atoms with Crippen LogP contribution in [0.5, 0.6) is 0 Å². The second-order valence-corrected chi connectivity index (χ2v) is 6.79. The number of aromatic nitrogens is 2. The quantitative estimate of drug-likeness (QED) is 0.659. The molecule has 0 atom stereocenters. The van der Waals surface area contributed by atoms with Crippen molar-refractivity contribution in [2.24, 2.45) is 0 Å². The van der Waals surface area contributed by atoms with Crippen molar-refractivity contribution in [3.63, 3.8) is 0 Å². The van der Waals surface area contributed by atoms with Gasteiger partial charge in [0.2, 0.25) is 5.91 Å². The molecule has 124 valence electrons. The lowest BCUT2D eigenvalue weighted by Gasteiger charge is -2.12. The summed E-state index contributed by atoms with van der Waals surface area (Å²) in [5.41, 5.74) is 3.58. The van der Waals surface area contributed by atoms with Gasteiger partial charge in [0, 0.05) is 0 Å². The molecule has 1 aromatic heterocycles. The van der Waals surface area contributed by atoms with Crippen molar-refractivity contribution < 1.29 is 4.79 Å². The van der Waals surface area contributed by atoms with E-state index in [1.54, 1.807) is 13.8 Å². The molecular weight excluding hydrogens is 344 g/mol. The van der Waals surface area contributed by atoms with Gasteiger partial charge in [0.05, 0.1) is 22.2 Å². The van der Waals surface area contributed by atoms with Gasteiger partial charge in [0.25, 0.3) is 0 Å². The molecule has 0 spiro atoms. The smallest absolute Gasteiger partial charge is 0.234 e. The summed E-state index contributed by atoms with van der Waals surface area (Å²) in [6.07, 6.45) is 0. The number of amides is 1. The van der Waals surface area contributed by atoms with E-state index in [-0.39, 0.29) is 11.7 Å². The Morgan fingerprint density at radius 3 is 2.62 bits per heavy atom. The summed E-state index contributed by atoms with van der Waals surface area (Å²) in [5, 5.41) is 13.1. The van der Waals surface area contributed by atoms with Crippen molar-refractivity contribution >= 4 is 35.0 Å². The second kappa shape index (κ2) is 7.65. The van der Waals surface area contributed by atoms with Gasteiger partial charge >= 0.3 is 0 Å². The number of benzene rings is 1. The third kappa shape index (κ3) is 4.25.